The van der Waals surface area contributed by atoms with Crippen molar-refractivity contribution in [3.63, 3.8) is 0 Å². The maximum Gasteiger partial charge on any atom is 0.241 e. The van der Waals surface area contributed by atoms with Gasteiger partial charge in [0.2, 0.25) is 5.91 Å². The molecule has 3 aromatic heterocycles. The average molecular weight is 354 g/mol. The molecular weight excluding hydrogens is 332 g/mol. The van der Waals surface area contributed by atoms with Crippen LogP contribution in [0.4, 0.5) is 5.82 Å². The maximum atomic E-state index is 11.7. The molecule has 0 aliphatic heterocycles. The third-order valence-electron chi connectivity index (χ3n) is 4.14. The van der Waals surface area contributed by atoms with E-state index in [0.29, 0.717) is 24.7 Å². The summed E-state index contributed by atoms with van der Waals surface area (Å²) in [6.45, 7) is 7.28. The maximum absolute atomic E-state index is 11.7. The van der Waals surface area contributed by atoms with Crippen LogP contribution in [0.15, 0.2) is 30.6 Å². The number of aromatic nitrogens is 6. The van der Waals surface area contributed by atoms with E-state index in [1.165, 1.54) is 0 Å². The van der Waals surface area contributed by atoms with Crippen molar-refractivity contribution < 1.29 is 4.79 Å². The lowest BCUT2D eigenvalue weighted by atomic mass is 10.2. The van der Waals surface area contributed by atoms with E-state index in [9.17, 15) is 4.79 Å². The highest BCUT2D eigenvalue weighted by Gasteiger charge is 2.10. The summed E-state index contributed by atoms with van der Waals surface area (Å²) in [5, 5.41) is 22.8. The predicted octanol–water partition coefficient (Wildman–Crippen LogP) is 1.01. The average Bonchev–Trinajstić information content (AvgIpc) is 3.23. The molecular formula is C17H22N8O. The number of hydrogen-bond donors (Lipinski definition) is 2. The largest absolute Gasteiger partial charge is 0.367 e. The van der Waals surface area contributed by atoms with Crippen molar-refractivity contribution >= 4 is 11.7 Å². The Morgan fingerprint density at radius 1 is 1.15 bits per heavy atom. The quantitative estimate of drug-likeness (QED) is 0.614. The van der Waals surface area contributed by atoms with Crippen LogP contribution in [0.3, 0.4) is 0 Å². The zero-order valence-corrected chi connectivity index (χ0v) is 15.1. The van der Waals surface area contributed by atoms with Crippen LogP contribution in [0.1, 0.15) is 17.0 Å². The SMILES string of the molecule is Cc1nn(-c2ccc(NCCNC(=O)Cn3cccn3)nn2)c(C)c1C. The van der Waals surface area contributed by atoms with Crippen LogP contribution in [-0.4, -0.2) is 48.8 Å². The van der Waals surface area contributed by atoms with Crippen LogP contribution in [-0.2, 0) is 11.3 Å². The Bertz CT molecular complexity index is 867. The lowest BCUT2D eigenvalue weighted by Gasteiger charge is -2.08. The fourth-order valence-corrected chi connectivity index (χ4v) is 2.47. The van der Waals surface area contributed by atoms with Gasteiger partial charge in [-0.15, -0.1) is 10.2 Å². The van der Waals surface area contributed by atoms with Crippen molar-refractivity contribution in [3.05, 3.63) is 47.5 Å². The zero-order valence-electron chi connectivity index (χ0n) is 15.1. The van der Waals surface area contributed by atoms with Gasteiger partial charge in [0.15, 0.2) is 5.82 Å². The molecule has 0 bridgehead atoms. The van der Waals surface area contributed by atoms with Crippen LogP contribution < -0.4 is 10.6 Å². The van der Waals surface area contributed by atoms with Gasteiger partial charge in [0.1, 0.15) is 12.4 Å². The molecule has 3 rings (SSSR count). The van der Waals surface area contributed by atoms with Gasteiger partial charge in [-0.3, -0.25) is 9.48 Å². The van der Waals surface area contributed by atoms with E-state index >= 15 is 0 Å². The normalized spacial score (nSPS) is 10.7. The van der Waals surface area contributed by atoms with Gasteiger partial charge in [0, 0.05) is 31.2 Å². The van der Waals surface area contributed by atoms with Crippen LogP contribution in [0, 0.1) is 20.8 Å². The standard InChI is InChI=1S/C17H22N8O/c1-12-13(2)23-25(14(12)3)16-6-5-15(21-22-16)18-8-9-19-17(26)11-24-10-4-7-20-24/h4-7,10H,8-9,11H2,1-3H3,(H,18,21)(H,19,26). The molecule has 136 valence electrons. The van der Waals surface area contributed by atoms with Crippen molar-refractivity contribution in [2.75, 3.05) is 18.4 Å². The van der Waals surface area contributed by atoms with Crippen molar-refractivity contribution in [2.45, 2.75) is 27.3 Å². The summed E-state index contributed by atoms with van der Waals surface area (Å²) in [7, 11) is 0. The van der Waals surface area contributed by atoms with Gasteiger partial charge in [-0.1, -0.05) is 0 Å². The predicted molar refractivity (Wildman–Crippen MR) is 97.1 cm³/mol. The summed E-state index contributed by atoms with van der Waals surface area (Å²) >= 11 is 0. The number of amides is 1. The Hall–Kier alpha value is -3.23. The fraction of sp³-hybridized carbons (Fsp3) is 0.353. The molecule has 0 unspecified atom stereocenters. The van der Waals surface area contributed by atoms with Gasteiger partial charge in [-0.2, -0.15) is 10.2 Å². The number of aryl methyl sites for hydroxylation is 1. The molecule has 26 heavy (non-hydrogen) atoms. The molecule has 0 atom stereocenters. The van der Waals surface area contributed by atoms with Crippen LogP contribution in [0.5, 0.6) is 0 Å². The summed E-state index contributed by atoms with van der Waals surface area (Å²) in [4.78, 5) is 11.7. The number of carbonyl (C=O) groups excluding carboxylic acids is 1. The highest BCUT2D eigenvalue weighted by atomic mass is 16.2. The van der Waals surface area contributed by atoms with E-state index < -0.39 is 0 Å². The van der Waals surface area contributed by atoms with Crippen LogP contribution in [0.25, 0.3) is 5.82 Å². The van der Waals surface area contributed by atoms with E-state index in [2.05, 4.69) is 31.0 Å². The van der Waals surface area contributed by atoms with E-state index in [1.807, 2.05) is 32.9 Å². The Kier molecular flexibility index (Phi) is 5.26. The molecule has 0 fully saturated rings. The van der Waals surface area contributed by atoms with Gasteiger partial charge in [-0.05, 0) is 44.5 Å². The minimum Gasteiger partial charge on any atom is -0.367 e. The molecule has 0 saturated heterocycles. The number of nitrogens with zero attached hydrogens (tertiary/aromatic N) is 6. The fourth-order valence-electron chi connectivity index (χ4n) is 2.47. The number of rotatable bonds is 7. The molecule has 9 heteroatoms. The number of hydrogen-bond acceptors (Lipinski definition) is 6. The first kappa shape index (κ1) is 17.6. The molecule has 0 aliphatic rings. The number of anilines is 1. The van der Waals surface area contributed by atoms with Gasteiger partial charge in [0.05, 0.1) is 5.69 Å². The summed E-state index contributed by atoms with van der Waals surface area (Å²) < 4.78 is 3.37. The molecule has 0 spiro atoms. The molecule has 9 nitrogen and oxygen atoms in total. The second-order valence-corrected chi connectivity index (χ2v) is 5.96. The van der Waals surface area contributed by atoms with Gasteiger partial charge >= 0.3 is 0 Å². The molecule has 1 amide bonds. The molecule has 0 aliphatic carbocycles. The van der Waals surface area contributed by atoms with Gasteiger partial charge < -0.3 is 10.6 Å². The van der Waals surface area contributed by atoms with Crippen molar-refractivity contribution in [2.24, 2.45) is 0 Å². The Labute approximate surface area is 151 Å². The smallest absolute Gasteiger partial charge is 0.241 e. The Morgan fingerprint density at radius 2 is 2.00 bits per heavy atom. The molecule has 2 N–H and O–H groups in total. The second kappa shape index (κ2) is 7.77. The first-order valence-electron chi connectivity index (χ1n) is 8.39. The van der Waals surface area contributed by atoms with E-state index in [1.54, 1.807) is 27.8 Å². The van der Waals surface area contributed by atoms with Crippen LogP contribution >= 0.6 is 0 Å². The van der Waals surface area contributed by atoms with Gasteiger partial charge in [-0.25, -0.2) is 4.68 Å². The van der Waals surface area contributed by atoms with E-state index in [0.717, 1.165) is 17.0 Å². The van der Waals surface area contributed by atoms with Crippen molar-refractivity contribution in [1.82, 2.24) is 35.1 Å². The second-order valence-electron chi connectivity index (χ2n) is 5.96. The molecule has 0 radical (unpaired) electrons. The van der Waals surface area contributed by atoms with Crippen molar-refractivity contribution in [3.8, 4) is 5.82 Å². The van der Waals surface area contributed by atoms with Crippen molar-refractivity contribution in [1.29, 1.82) is 0 Å². The summed E-state index contributed by atoms with van der Waals surface area (Å²) in [5.74, 6) is 1.24. The minimum atomic E-state index is -0.0863. The Balaban J connectivity index is 1.47. The summed E-state index contributed by atoms with van der Waals surface area (Å²) in [6.07, 6.45) is 3.39. The topological polar surface area (TPSA) is 103 Å². The first-order chi connectivity index (χ1) is 12.5. The molecule has 0 aromatic carbocycles. The highest BCUT2D eigenvalue weighted by molar-refractivity contribution is 5.75. The van der Waals surface area contributed by atoms with E-state index in [4.69, 9.17) is 0 Å². The van der Waals surface area contributed by atoms with E-state index in [-0.39, 0.29) is 12.5 Å². The lowest BCUT2D eigenvalue weighted by molar-refractivity contribution is -0.121. The zero-order chi connectivity index (χ0) is 18.5. The molecule has 3 aromatic rings. The van der Waals surface area contributed by atoms with Crippen LogP contribution in [0.2, 0.25) is 0 Å². The summed E-state index contributed by atoms with van der Waals surface area (Å²) in [6, 6.07) is 5.49. The molecule has 0 saturated carbocycles. The summed E-state index contributed by atoms with van der Waals surface area (Å²) in [5.41, 5.74) is 3.19. The minimum absolute atomic E-state index is 0.0863. The third kappa shape index (κ3) is 4.05. The molecule has 3 heterocycles. The number of carbonyl (C=O) groups is 1. The third-order valence-corrected chi connectivity index (χ3v) is 4.14. The highest BCUT2D eigenvalue weighted by Crippen LogP contribution is 2.15. The Morgan fingerprint density at radius 3 is 2.62 bits per heavy atom. The lowest BCUT2D eigenvalue weighted by Crippen LogP contribution is -2.31. The number of nitrogens with one attached hydrogen (secondary N) is 2. The first-order valence-corrected chi connectivity index (χ1v) is 8.39. The van der Waals surface area contributed by atoms with Gasteiger partial charge in [0.25, 0.3) is 0 Å². The monoisotopic (exact) mass is 354 g/mol.